The standard InChI is InChI=1S/C20H19N5O4/c26-19-13-21-24(18-4-2-1-3-17(18)19)14-20(27)23-11-9-22(10-12-23)15-5-7-16(8-6-15)25(28)29/h1-8,13H,9-12,14H2. The maximum absolute atomic E-state index is 12.8. The minimum Gasteiger partial charge on any atom is -0.368 e. The number of fused-ring (bicyclic) bond motifs is 1. The molecule has 0 spiro atoms. The Morgan fingerprint density at radius 3 is 2.41 bits per heavy atom. The van der Waals surface area contributed by atoms with Gasteiger partial charge in [0.2, 0.25) is 11.3 Å². The fourth-order valence-corrected chi connectivity index (χ4v) is 3.51. The summed E-state index contributed by atoms with van der Waals surface area (Å²) in [6, 6.07) is 13.5. The van der Waals surface area contributed by atoms with Gasteiger partial charge in [-0.1, -0.05) is 12.1 Å². The van der Waals surface area contributed by atoms with E-state index >= 15 is 0 Å². The van der Waals surface area contributed by atoms with Crippen LogP contribution in [0.1, 0.15) is 0 Å². The number of amides is 1. The SMILES string of the molecule is O=C(Cn1ncc(=O)c2ccccc21)N1CCN(c2ccc([N+](=O)[O-])cc2)CC1. The third-order valence-electron chi connectivity index (χ3n) is 5.11. The topological polar surface area (TPSA) is 102 Å². The molecule has 29 heavy (non-hydrogen) atoms. The minimum absolute atomic E-state index is 0.0587. The van der Waals surface area contributed by atoms with Crippen LogP contribution in [-0.2, 0) is 11.3 Å². The number of para-hydroxylation sites is 1. The van der Waals surface area contributed by atoms with Gasteiger partial charge >= 0.3 is 0 Å². The van der Waals surface area contributed by atoms with Gasteiger partial charge in [-0.05, 0) is 24.3 Å². The number of piperazine rings is 1. The van der Waals surface area contributed by atoms with Crippen molar-refractivity contribution in [2.24, 2.45) is 0 Å². The first-order valence-electron chi connectivity index (χ1n) is 9.25. The van der Waals surface area contributed by atoms with Gasteiger partial charge in [0.1, 0.15) is 6.54 Å². The van der Waals surface area contributed by atoms with Crippen LogP contribution in [0, 0.1) is 10.1 Å². The smallest absolute Gasteiger partial charge is 0.269 e. The third-order valence-corrected chi connectivity index (χ3v) is 5.11. The molecule has 1 aliphatic heterocycles. The van der Waals surface area contributed by atoms with Crippen molar-refractivity contribution < 1.29 is 9.72 Å². The summed E-state index contributed by atoms with van der Waals surface area (Å²) < 4.78 is 1.56. The lowest BCUT2D eigenvalue weighted by Crippen LogP contribution is -2.49. The van der Waals surface area contributed by atoms with E-state index in [1.807, 2.05) is 6.07 Å². The van der Waals surface area contributed by atoms with Crippen molar-refractivity contribution in [1.29, 1.82) is 0 Å². The molecule has 2 heterocycles. The predicted molar refractivity (Wildman–Crippen MR) is 108 cm³/mol. The zero-order valence-corrected chi connectivity index (χ0v) is 15.6. The molecule has 3 aromatic rings. The normalized spacial score (nSPS) is 14.2. The molecule has 0 saturated carbocycles. The second kappa shape index (κ2) is 7.70. The van der Waals surface area contributed by atoms with Crippen LogP contribution < -0.4 is 10.3 Å². The molecule has 0 bridgehead atoms. The molecule has 0 unspecified atom stereocenters. The lowest BCUT2D eigenvalue weighted by atomic mass is 10.2. The summed E-state index contributed by atoms with van der Waals surface area (Å²) in [6.45, 7) is 2.45. The molecule has 0 aliphatic carbocycles. The van der Waals surface area contributed by atoms with E-state index in [1.54, 1.807) is 39.9 Å². The fraction of sp³-hybridized carbons (Fsp3) is 0.250. The maximum atomic E-state index is 12.8. The van der Waals surface area contributed by atoms with E-state index < -0.39 is 4.92 Å². The summed E-state index contributed by atoms with van der Waals surface area (Å²) in [5, 5.41) is 15.4. The lowest BCUT2D eigenvalue weighted by molar-refractivity contribution is -0.384. The molecule has 0 atom stereocenters. The highest BCUT2D eigenvalue weighted by Gasteiger charge is 2.22. The van der Waals surface area contributed by atoms with Gasteiger partial charge in [-0.2, -0.15) is 5.10 Å². The monoisotopic (exact) mass is 393 g/mol. The highest BCUT2D eigenvalue weighted by atomic mass is 16.6. The van der Waals surface area contributed by atoms with Crippen LogP contribution in [0.3, 0.4) is 0 Å². The first kappa shape index (κ1) is 18.6. The highest BCUT2D eigenvalue weighted by Crippen LogP contribution is 2.20. The van der Waals surface area contributed by atoms with Gasteiger partial charge in [0.25, 0.3) is 5.69 Å². The lowest BCUT2D eigenvalue weighted by Gasteiger charge is -2.36. The molecule has 1 saturated heterocycles. The summed E-state index contributed by atoms with van der Waals surface area (Å²) in [7, 11) is 0. The van der Waals surface area contributed by atoms with Crippen LogP contribution in [0.4, 0.5) is 11.4 Å². The number of nitrogens with zero attached hydrogens (tertiary/aromatic N) is 5. The summed E-state index contributed by atoms with van der Waals surface area (Å²) >= 11 is 0. The maximum Gasteiger partial charge on any atom is 0.269 e. The van der Waals surface area contributed by atoms with Crippen molar-refractivity contribution in [1.82, 2.24) is 14.7 Å². The Kier molecular flexibility index (Phi) is 4.94. The van der Waals surface area contributed by atoms with E-state index in [0.717, 1.165) is 5.69 Å². The summed E-state index contributed by atoms with van der Waals surface area (Å²) in [5.41, 5.74) is 1.43. The van der Waals surface area contributed by atoms with Crippen molar-refractivity contribution in [3.05, 3.63) is 75.1 Å². The number of hydrogen-bond donors (Lipinski definition) is 0. The van der Waals surface area contributed by atoms with E-state index in [-0.39, 0.29) is 23.6 Å². The van der Waals surface area contributed by atoms with E-state index in [9.17, 15) is 19.7 Å². The Balaban J connectivity index is 1.41. The zero-order valence-electron chi connectivity index (χ0n) is 15.6. The van der Waals surface area contributed by atoms with Crippen molar-refractivity contribution in [2.75, 3.05) is 31.1 Å². The number of aromatic nitrogens is 2. The Labute approximate surface area is 165 Å². The summed E-state index contributed by atoms with van der Waals surface area (Å²) in [6.07, 6.45) is 1.24. The molecule has 9 nitrogen and oxygen atoms in total. The van der Waals surface area contributed by atoms with Crippen LogP contribution in [0.2, 0.25) is 0 Å². The van der Waals surface area contributed by atoms with Crippen LogP contribution >= 0.6 is 0 Å². The van der Waals surface area contributed by atoms with Crippen LogP contribution in [0.5, 0.6) is 0 Å². The van der Waals surface area contributed by atoms with Crippen LogP contribution in [-0.4, -0.2) is 51.7 Å². The van der Waals surface area contributed by atoms with Crippen molar-refractivity contribution in [3.8, 4) is 0 Å². The molecule has 2 aromatic carbocycles. The van der Waals surface area contributed by atoms with Crippen LogP contribution in [0.15, 0.2) is 59.5 Å². The number of nitro benzene ring substituents is 1. The summed E-state index contributed by atoms with van der Waals surface area (Å²) in [4.78, 5) is 38.9. The molecule has 148 valence electrons. The molecular formula is C20H19N5O4. The zero-order chi connectivity index (χ0) is 20.4. The van der Waals surface area contributed by atoms with E-state index in [0.29, 0.717) is 37.1 Å². The average molecular weight is 393 g/mol. The number of nitro groups is 1. The van der Waals surface area contributed by atoms with E-state index in [4.69, 9.17) is 0 Å². The van der Waals surface area contributed by atoms with Gasteiger partial charge in [0.15, 0.2) is 0 Å². The largest absolute Gasteiger partial charge is 0.368 e. The van der Waals surface area contributed by atoms with Crippen molar-refractivity contribution in [3.63, 3.8) is 0 Å². The Morgan fingerprint density at radius 2 is 1.72 bits per heavy atom. The number of carbonyl (C=O) groups is 1. The molecule has 9 heteroatoms. The van der Waals surface area contributed by atoms with Crippen molar-refractivity contribution >= 4 is 28.2 Å². The molecule has 1 aromatic heterocycles. The molecule has 0 radical (unpaired) electrons. The van der Waals surface area contributed by atoms with E-state index in [1.165, 1.54) is 18.3 Å². The Bertz CT molecular complexity index is 1120. The number of rotatable bonds is 4. The highest BCUT2D eigenvalue weighted by molar-refractivity contribution is 5.81. The molecule has 0 N–H and O–H groups in total. The van der Waals surface area contributed by atoms with E-state index in [2.05, 4.69) is 10.00 Å². The fourth-order valence-electron chi connectivity index (χ4n) is 3.51. The summed E-state index contributed by atoms with van der Waals surface area (Å²) in [5.74, 6) is -0.0605. The van der Waals surface area contributed by atoms with Gasteiger partial charge < -0.3 is 9.80 Å². The van der Waals surface area contributed by atoms with Crippen molar-refractivity contribution in [2.45, 2.75) is 6.54 Å². The van der Waals surface area contributed by atoms with Gasteiger partial charge in [-0.15, -0.1) is 0 Å². The molecule has 4 rings (SSSR count). The van der Waals surface area contributed by atoms with Gasteiger partial charge in [-0.3, -0.25) is 24.4 Å². The minimum atomic E-state index is -0.421. The van der Waals surface area contributed by atoms with Gasteiger partial charge in [-0.25, -0.2) is 0 Å². The second-order valence-corrected chi connectivity index (χ2v) is 6.82. The number of carbonyl (C=O) groups excluding carboxylic acids is 1. The van der Waals surface area contributed by atoms with Crippen LogP contribution in [0.25, 0.3) is 10.9 Å². The first-order valence-corrected chi connectivity index (χ1v) is 9.25. The number of anilines is 1. The van der Waals surface area contributed by atoms with Gasteiger partial charge in [0, 0.05) is 49.4 Å². The number of benzene rings is 2. The second-order valence-electron chi connectivity index (χ2n) is 6.82. The Morgan fingerprint density at radius 1 is 1.03 bits per heavy atom. The van der Waals surface area contributed by atoms with Gasteiger partial charge in [0.05, 0.1) is 16.6 Å². The first-order chi connectivity index (χ1) is 14.0. The predicted octanol–water partition coefficient (Wildman–Crippen LogP) is 1.65. The average Bonchev–Trinajstić information content (AvgIpc) is 2.76. The quantitative estimate of drug-likeness (QED) is 0.493. The molecular weight excluding hydrogens is 374 g/mol. The molecule has 1 amide bonds. The number of hydrogen-bond acceptors (Lipinski definition) is 6. The molecule has 1 fully saturated rings. The molecule has 1 aliphatic rings. The third kappa shape index (κ3) is 3.79. The number of non-ortho nitro benzene ring substituents is 1. The Hall–Kier alpha value is -3.75.